The molecule has 4 saturated carbocycles. The van der Waals surface area contributed by atoms with Crippen LogP contribution in [0.5, 0.6) is 0 Å². The van der Waals surface area contributed by atoms with Crippen molar-refractivity contribution in [2.24, 2.45) is 44.5 Å². The Labute approximate surface area is 209 Å². The Kier molecular flexibility index (Phi) is 5.03. The van der Waals surface area contributed by atoms with E-state index in [4.69, 9.17) is 21.4 Å². The summed E-state index contributed by atoms with van der Waals surface area (Å²) in [5.41, 5.74) is 2.79. The second-order valence-electron chi connectivity index (χ2n) is 12.7. The fourth-order valence-electron chi connectivity index (χ4n) is 9.94. The molecule has 0 aromatic heterocycles. The van der Waals surface area contributed by atoms with Crippen molar-refractivity contribution in [3.05, 3.63) is 29.3 Å². The number of ether oxygens (including phenoxy) is 1. The van der Waals surface area contributed by atoms with Gasteiger partial charge in [0.1, 0.15) is 0 Å². The molecule has 0 N–H and O–H groups in total. The van der Waals surface area contributed by atoms with Crippen molar-refractivity contribution in [2.75, 3.05) is 18.2 Å². The van der Waals surface area contributed by atoms with Gasteiger partial charge in [-0.1, -0.05) is 44.0 Å². The molecule has 4 nitrogen and oxygen atoms in total. The Balaban J connectivity index is 1.38. The maximum atomic E-state index is 13.2. The molecule has 0 amide bonds. The van der Waals surface area contributed by atoms with Crippen LogP contribution in [0.3, 0.4) is 0 Å². The summed E-state index contributed by atoms with van der Waals surface area (Å²) < 4.78 is 5.66. The van der Waals surface area contributed by atoms with Crippen LogP contribution < -0.4 is 5.01 Å². The standard InChI is InChI=1S/C29H39ClN2O2/c1-5-34-25(33)28(4)14-8-13-27(3)22(28)12-16-29-18-26(2,15-11-23(27)29)24-19(29)17-32(31-24)21-10-7-6-9-20(21)30/h6-7,9-10,19,22-23H,5,8,11-18H2,1-4H3/t19-,22+,23+,26+,27-,28-,29-/m1/s1. The first-order valence-electron chi connectivity index (χ1n) is 13.5. The van der Waals surface area contributed by atoms with Crippen molar-refractivity contribution in [2.45, 2.75) is 79.1 Å². The van der Waals surface area contributed by atoms with Crippen molar-refractivity contribution >= 4 is 29.0 Å². The number of anilines is 1. The number of hydrogen-bond acceptors (Lipinski definition) is 4. The van der Waals surface area contributed by atoms with Gasteiger partial charge in [0.15, 0.2) is 0 Å². The number of nitrogens with zero attached hydrogens (tertiary/aromatic N) is 2. The van der Waals surface area contributed by atoms with Crippen molar-refractivity contribution < 1.29 is 9.53 Å². The van der Waals surface area contributed by atoms with E-state index in [1.54, 1.807) is 0 Å². The van der Waals surface area contributed by atoms with Gasteiger partial charge in [0.2, 0.25) is 0 Å². The summed E-state index contributed by atoms with van der Waals surface area (Å²) in [6.07, 6.45) is 9.43. The summed E-state index contributed by atoms with van der Waals surface area (Å²) in [5.74, 6) is 1.59. The number of fused-ring (bicyclic) bond motifs is 5. The van der Waals surface area contributed by atoms with Crippen molar-refractivity contribution in [3.63, 3.8) is 0 Å². The Hall–Kier alpha value is -1.55. The molecule has 5 heteroatoms. The van der Waals surface area contributed by atoms with Crippen molar-refractivity contribution in [1.29, 1.82) is 0 Å². The predicted molar refractivity (Wildman–Crippen MR) is 137 cm³/mol. The lowest BCUT2D eigenvalue weighted by Gasteiger charge is -2.64. The molecule has 4 aliphatic carbocycles. The molecule has 6 rings (SSSR count). The molecule has 34 heavy (non-hydrogen) atoms. The summed E-state index contributed by atoms with van der Waals surface area (Å²) in [6.45, 7) is 10.6. The lowest BCUT2D eigenvalue weighted by Crippen LogP contribution is -2.60. The molecule has 1 aliphatic heterocycles. The highest BCUT2D eigenvalue weighted by atomic mass is 35.5. The molecular formula is C29H39ClN2O2. The summed E-state index contributed by atoms with van der Waals surface area (Å²) in [7, 11) is 0. The second kappa shape index (κ2) is 7.48. The molecule has 1 heterocycles. The Morgan fingerprint density at radius 2 is 1.88 bits per heavy atom. The van der Waals surface area contributed by atoms with E-state index < -0.39 is 0 Å². The number of halogens is 1. The lowest BCUT2D eigenvalue weighted by molar-refractivity contribution is -0.191. The predicted octanol–water partition coefficient (Wildman–Crippen LogP) is 7.11. The Bertz CT molecular complexity index is 1060. The summed E-state index contributed by atoms with van der Waals surface area (Å²) in [5, 5.41) is 8.26. The van der Waals surface area contributed by atoms with Gasteiger partial charge in [0.05, 0.1) is 29.3 Å². The monoisotopic (exact) mass is 482 g/mol. The average molecular weight is 483 g/mol. The van der Waals surface area contributed by atoms with Crippen molar-refractivity contribution in [1.82, 2.24) is 0 Å². The first kappa shape index (κ1) is 22.9. The van der Waals surface area contributed by atoms with Crippen molar-refractivity contribution in [3.8, 4) is 0 Å². The van der Waals surface area contributed by atoms with Crippen LogP contribution in [0.1, 0.15) is 79.1 Å². The molecule has 184 valence electrons. The number of carbonyl (C=O) groups excluding carboxylic acids is 1. The zero-order chi connectivity index (χ0) is 23.9. The maximum Gasteiger partial charge on any atom is 0.312 e. The van der Waals surface area contributed by atoms with E-state index >= 15 is 0 Å². The number of rotatable bonds is 3. The van der Waals surface area contributed by atoms with Gasteiger partial charge in [-0.05, 0) is 93.6 Å². The van der Waals surface area contributed by atoms with E-state index in [2.05, 4.69) is 37.9 Å². The van der Waals surface area contributed by atoms with Gasteiger partial charge in [0.25, 0.3) is 0 Å². The molecule has 1 spiro atoms. The number of hydrogen-bond donors (Lipinski definition) is 0. The highest BCUT2D eigenvalue weighted by Crippen LogP contribution is 2.75. The van der Waals surface area contributed by atoms with E-state index in [0.717, 1.165) is 36.5 Å². The zero-order valence-electron chi connectivity index (χ0n) is 21.2. The third kappa shape index (κ3) is 2.84. The van der Waals surface area contributed by atoms with E-state index in [1.807, 2.05) is 19.1 Å². The number of carbonyl (C=O) groups is 1. The molecule has 4 fully saturated rings. The van der Waals surface area contributed by atoms with Crippen LogP contribution in [0.15, 0.2) is 29.4 Å². The minimum Gasteiger partial charge on any atom is -0.466 e. The number of hydrazone groups is 1. The fraction of sp³-hybridized carbons (Fsp3) is 0.724. The van der Waals surface area contributed by atoms with E-state index in [-0.39, 0.29) is 22.2 Å². The molecule has 5 aliphatic rings. The SMILES string of the molecule is CCOC(=O)[C@]1(C)CCC[C@@]2(C)[C@@H]3CC[C@@]4(C)C[C@]3(CC[C@@H]21)[C@@H]1CN(c2ccccc2Cl)N=C14. The first-order valence-corrected chi connectivity index (χ1v) is 13.8. The van der Waals surface area contributed by atoms with Crippen LogP contribution in [0.25, 0.3) is 0 Å². The third-order valence-electron chi connectivity index (χ3n) is 11.2. The molecule has 1 aromatic carbocycles. The van der Waals surface area contributed by atoms with Gasteiger partial charge < -0.3 is 4.74 Å². The van der Waals surface area contributed by atoms with Crippen LogP contribution in [-0.4, -0.2) is 24.8 Å². The second-order valence-corrected chi connectivity index (χ2v) is 13.1. The zero-order valence-corrected chi connectivity index (χ0v) is 22.0. The third-order valence-corrected chi connectivity index (χ3v) is 11.5. The Morgan fingerprint density at radius 3 is 2.65 bits per heavy atom. The normalized spacial score (nSPS) is 44.7. The van der Waals surface area contributed by atoms with Gasteiger partial charge in [-0.3, -0.25) is 9.80 Å². The van der Waals surface area contributed by atoms with Gasteiger partial charge in [-0.25, -0.2) is 0 Å². The minimum atomic E-state index is -0.347. The highest BCUT2D eigenvalue weighted by Gasteiger charge is 2.71. The Morgan fingerprint density at radius 1 is 1.12 bits per heavy atom. The van der Waals surface area contributed by atoms with Crippen LogP contribution in [0.2, 0.25) is 5.02 Å². The fourth-order valence-corrected chi connectivity index (χ4v) is 10.2. The lowest BCUT2D eigenvalue weighted by atomic mass is 9.39. The average Bonchev–Trinajstić information content (AvgIpc) is 3.31. The molecule has 1 aromatic rings. The molecule has 2 bridgehead atoms. The van der Waals surface area contributed by atoms with E-state index in [1.165, 1.54) is 37.8 Å². The number of esters is 1. The van der Waals surface area contributed by atoms with Gasteiger partial charge in [-0.15, -0.1) is 0 Å². The molecule has 0 unspecified atom stereocenters. The minimum absolute atomic E-state index is 0.0435. The molecule has 7 atom stereocenters. The van der Waals surface area contributed by atoms with E-state index in [0.29, 0.717) is 29.8 Å². The molecule has 0 saturated heterocycles. The summed E-state index contributed by atoms with van der Waals surface area (Å²) >= 11 is 6.60. The largest absolute Gasteiger partial charge is 0.466 e. The number of para-hydroxylation sites is 1. The number of benzene rings is 1. The molecule has 0 radical (unpaired) electrons. The van der Waals surface area contributed by atoms with Crippen LogP contribution in [0, 0.1) is 39.4 Å². The summed E-state index contributed by atoms with van der Waals surface area (Å²) in [6, 6.07) is 8.13. The van der Waals surface area contributed by atoms with Gasteiger partial charge in [-0.2, -0.15) is 5.10 Å². The molecular weight excluding hydrogens is 444 g/mol. The van der Waals surface area contributed by atoms with Gasteiger partial charge >= 0.3 is 5.97 Å². The highest BCUT2D eigenvalue weighted by molar-refractivity contribution is 6.33. The van der Waals surface area contributed by atoms with Crippen LogP contribution in [-0.2, 0) is 9.53 Å². The summed E-state index contributed by atoms with van der Waals surface area (Å²) in [4.78, 5) is 13.2. The van der Waals surface area contributed by atoms with Gasteiger partial charge in [0, 0.05) is 17.0 Å². The van der Waals surface area contributed by atoms with E-state index in [9.17, 15) is 4.79 Å². The maximum absolute atomic E-state index is 13.2. The topological polar surface area (TPSA) is 41.9 Å². The quantitative estimate of drug-likeness (QED) is 0.431. The first-order chi connectivity index (χ1) is 16.2. The van der Waals surface area contributed by atoms with Crippen LogP contribution >= 0.6 is 11.6 Å². The van der Waals surface area contributed by atoms with Crippen LogP contribution in [0.4, 0.5) is 5.69 Å². The smallest absolute Gasteiger partial charge is 0.312 e.